The standard InChI is InChI=1S/C23H22NO3P/c1-26-28(25,27-2)23-21-16-10-9-13-19(21)17-22(18-11-5-3-6-12-18)24(23)20-14-7-4-8-15-20/h3-17,23H,1-2H3. The first-order valence-electron chi connectivity index (χ1n) is 9.09. The number of anilines is 1. The Labute approximate surface area is 165 Å². The van der Waals surface area contributed by atoms with Crippen LogP contribution in [-0.4, -0.2) is 14.2 Å². The maximum absolute atomic E-state index is 13.7. The Bertz CT molecular complexity index is 1030. The predicted molar refractivity (Wildman–Crippen MR) is 114 cm³/mol. The highest BCUT2D eigenvalue weighted by Gasteiger charge is 2.44. The zero-order valence-electron chi connectivity index (χ0n) is 15.9. The number of benzene rings is 3. The molecule has 4 rings (SSSR count). The largest absolute Gasteiger partial charge is 0.357 e. The van der Waals surface area contributed by atoms with E-state index in [1.807, 2.05) is 72.8 Å². The lowest BCUT2D eigenvalue weighted by atomic mass is 9.97. The molecule has 0 aromatic heterocycles. The number of para-hydroxylation sites is 1. The van der Waals surface area contributed by atoms with Gasteiger partial charge in [-0.2, -0.15) is 0 Å². The van der Waals surface area contributed by atoms with Crippen LogP contribution < -0.4 is 4.90 Å². The summed E-state index contributed by atoms with van der Waals surface area (Å²) in [6, 6.07) is 28.0. The second-order valence-corrected chi connectivity index (χ2v) is 8.81. The number of rotatable bonds is 5. The van der Waals surface area contributed by atoms with Crippen molar-refractivity contribution < 1.29 is 13.6 Å². The number of nitrogens with zero attached hydrogens (tertiary/aromatic N) is 1. The van der Waals surface area contributed by atoms with Crippen molar-refractivity contribution in [1.29, 1.82) is 0 Å². The number of hydrogen-bond donors (Lipinski definition) is 0. The van der Waals surface area contributed by atoms with Crippen LogP contribution in [0.2, 0.25) is 0 Å². The molecule has 0 saturated carbocycles. The molecular weight excluding hydrogens is 369 g/mol. The van der Waals surface area contributed by atoms with Gasteiger partial charge in [0.25, 0.3) is 0 Å². The van der Waals surface area contributed by atoms with Crippen LogP contribution in [0.15, 0.2) is 84.9 Å². The second-order valence-electron chi connectivity index (χ2n) is 6.51. The first-order valence-corrected chi connectivity index (χ1v) is 10.7. The molecule has 0 saturated heterocycles. The Hall–Kier alpha value is -2.65. The van der Waals surface area contributed by atoms with Crippen LogP contribution in [0, 0.1) is 0 Å². The fourth-order valence-corrected chi connectivity index (χ4v) is 5.32. The van der Waals surface area contributed by atoms with Gasteiger partial charge in [-0.3, -0.25) is 4.57 Å². The summed E-state index contributed by atoms with van der Waals surface area (Å²) in [7, 11) is -0.601. The Morgan fingerprint density at radius 2 is 1.36 bits per heavy atom. The molecule has 1 aliphatic rings. The second kappa shape index (κ2) is 7.76. The summed E-state index contributed by atoms with van der Waals surface area (Å²) in [6.45, 7) is 0. The van der Waals surface area contributed by atoms with Gasteiger partial charge >= 0.3 is 7.60 Å². The highest BCUT2D eigenvalue weighted by atomic mass is 31.2. The molecule has 1 unspecified atom stereocenters. The van der Waals surface area contributed by atoms with Crippen LogP contribution in [0.3, 0.4) is 0 Å². The normalized spacial score (nSPS) is 16.4. The zero-order chi connectivity index (χ0) is 19.6. The molecule has 1 heterocycles. The number of fused-ring (bicyclic) bond motifs is 1. The van der Waals surface area contributed by atoms with Gasteiger partial charge in [-0.1, -0.05) is 72.8 Å². The lowest BCUT2D eigenvalue weighted by Crippen LogP contribution is -2.31. The summed E-state index contributed by atoms with van der Waals surface area (Å²) in [6.07, 6.45) is 2.13. The number of hydrogen-bond acceptors (Lipinski definition) is 4. The third kappa shape index (κ3) is 3.20. The average molecular weight is 391 g/mol. The maximum atomic E-state index is 13.7. The van der Waals surface area contributed by atoms with Crippen molar-refractivity contribution in [2.24, 2.45) is 0 Å². The smallest absolute Gasteiger partial charge is 0.322 e. The minimum Gasteiger partial charge on any atom is -0.322 e. The van der Waals surface area contributed by atoms with E-state index >= 15 is 0 Å². The van der Waals surface area contributed by atoms with E-state index in [-0.39, 0.29) is 0 Å². The fraction of sp³-hybridized carbons (Fsp3) is 0.130. The lowest BCUT2D eigenvalue weighted by molar-refractivity contribution is 0.266. The topological polar surface area (TPSA) is 38.8 Å². The molecule has 3 aromatic rings. The molecule has 0 spiro atoms. The van der Waals surface area contributed by atoms with E-state index in [1.165, 1.54) is 14.2 Å². The van der Waals surface area contributed by atoms with E-state index in [0.717, 1.165) is 28.1 Å². The minimum absolute atomic E-state index is 0.596. The molecule has 3 aromatic carbocycles. The molecule has 1 aliphatic heterocycles. The molecule has 4 nitrogen and oxygen atoms in total. The molecule has 0 radical (unpaired) electrons. The third-order valence-electron chi connectivity index (χ3n) is 4.98. The van der Waals surface area contributed by atoms with Crippen molar-refractivity contribution in [2.45, 2.75) is 5.78 Å². The molecule has 28 heavy (non-hydrogen) atoms. The zero-order valence-corrected chi connectivity index (χ0v) is 16.8. The highest BCUT2D eigenvalue weighted by Crippen LogP contribution is 2.65. The molecule has 5 heteroatoms. The van der Waals surface area contributed by atoms with Gasteiger partial charge in [0.1, 0.15) is 0 Å². The van der Waals surface area contributed by atoms with Gasteiger partial charge in [0.15, 0.2) is 5.78 Å². The van der Waals surface area contributed by atoms with Crippen LogP contribution in [0.25, 0.3) is 11.8 Å². The summed E-state index contributed by atoms with van der Waals surface area (Å²) in [4.78, 5) is 2.06. The van der Waals surface area contributed by atoms with Crippen molar-refractivity contribution in [3.05, 3.63) is 102 Å². The Balaban J connectivity index is 2.02. The summed E-state index contributed by atoms with van der Waals surface area (Å²) >= 11 is 0. The van der Waals surface area contributed by atoms with Crippen molar-refractivity contribution in [2.75, 3.05) is 19.1 Å². The van der Waals surface area contributed by atoms with Gasteiger partial charge in [-0.05, 0) is 34.9 Å². The Morgan fingerprint density at radius 1 is 0.786 bits per heavy atom. The fourth-order valence-electron chi connectivity index (χ4n) is 3.65. The van der Waals surface area contributed by atoms with E-state index in [1.54, 1.807) is 0 Å². The van der Waals surface area contributed by atoms with Gasteiger partial charge in [-0.15, -0.1) is 0 Å². The maximum Gasteiger partial charge on any atom is 0.357 e. The summed E-state index contributed by atoms with van der Waals surface area (Å²) in [5, 5.41) is 0. The third-order valence-corrected chi connectivity index (χ3v) is 7.11. The van der Waals surface area contributed by atoms with Crippen molar-refractivity contribution >= 4 is 25.1 Å². The minimum atomic E-state index is -3.48. The van der Waals surface area contributed by atoms with Crippen LogP contribution in [0.4, 0.5) is 5.69 Å². The van der Waals surface area contributed by atoms with E-state index in [4.69, 9.17) is 9.05 Å². The van der Waals surface area contributed by atoms with Gasteiger partial charge < -0.3 is 13.9 Å². The van der Waals surface area contributed by atoms with Crippen molar-refractivity contribution in [3.8, 4) is 0 Å². The summed E-state index contributed by atoms with van der Waals surface area (Å²) in [5.41, 5.74) is 4.83. The molecule has 1 atom stereocenters. The van der Waals surface area contributed by atoms with Crippen molar-refractivity contribution in [3.63, 3.8) is 0 Å². The van der Waals surface area contributed by atoms with Gasteiger partial charge in [0, 0.05) is 19.9 Å². The summed E-state index contributed by atoms with van der Waals surface area (Å²) in [5.74, 6) is -0.596. The van der Waals surface area contributed by atoms with Gasteiger partial charge in [0.2, 0.25) is 0 Å². The molecule has 0 N–H and O–H groups in total. The Kier molecular flexibility index (Phi) is 5.19. The van der Waals surface area contributed by atoms with E-state index in [2.05, 4.69) is 23.1 Å². The van der Waals surface area contributed by atoms with Gasteiger partial charge in [0.05, 0.1) is 5.70 Å². The lowest BCUT2D eigenvalue weighted by Gasteiger charge is -2.41. The van der Waals surface area contributed by atoms with Crippen LogP contribution in [0.1, 0.15) is 22.5 Å². The molecule has 0 amide bonds. The molecule has 142 valence electrons. The van der Waals surface area contributed by atoms with E-state index in [9.17, 15) is 4.57 Å². The van der Waals surface area contributed by atoms with Crippen LogP contribution in [0.5, 0.6) is 0 Å². The van der Waals surface area contributed by atoms with E-state index < -0.39 is 13.4 Å². The first-order chi connectivity index (χ1) is 13.7. The van der Waals surface area contributed by atoms with Gasteiger partial charge in [-0.25, -0.2) is 0 Å². The SMILES string of the molecule is COP(=O)(OC)C1c2ccccc2C=C(c2ccccc2)N1c1ccccc1. The highest BCUT2D eigenvalue weighted by molar-refractivity contribution is 7.54. The molecule has 0 bridgehead atoms. The van der Waals surface area contributed by atoms with E-state index in [0.29, 0.717) is 0 Å². The predicted octanol–water partition coefficient (Wildman–Crippen LogP) is 6.19. The first kappa shape index (κ1) is 18.7. The average Bonchev–Trinajstić information content (AvgIpc) is 2.78. The molecule has 0 aliphatic carbocycles. The monoisotopic (exact) mass is 391 g/mol. The van der Waals surface area contributed by atoms with Crippen LogP contribution >= 0.6 is 7.60 Å². The van der Waals surface area contributed by atoms with Crippen LogP contribution in [-0.2, 0) is 13.6 Å². The van der Waals surface area contributed by atoms with Crippen molar-refractivity contribution in [1.82, 2.24) is 0 Å². The Morgan fingerprint density at radius 3 is 2.00 bits per heavy atom. The molecule has 0 fully saturated rings. The quantitative estimate of drug-likeness (QED) is 0.486. The molecular formula is C23H22NO3P. The summed E-state index contributed by atoms with van der Waals surface area (Å²) < 4.78 is 24.7.